The van der Waals surface area contributed by atoms with E-state index in [2.05, 4.69) is 27.9 Å². The van der Waals surface area contributed by atoms with Crippen LogP contribution in [0.1, 0.15) is 10.4 Å². The van der Waals surface area contributed by atoms with Gasteiger partial charge in [-0.3, -0.25) is 9.69 Å². The summed E-state index contributed by atoms with van der Waals surface area (Å²) in [6.45, 7) is 0.931. The fraction of sp³-hybridized carbons (Fsp3) is 0.125. The van der Waals surface area contributed by atoms with E-state index < -0.39 is 0 Å². The summed E-state index contributed by atoms with van der Waals surface area (Å²) in [5.41, 5.74) is 2.02. The van der Waals surface area contributed by atoms with Gasteiger partial charge in [0.25, 0.3) is 5.91 Å². The lowest BCUT2D eigenvalue weighted by Gasteiger charge is -2.13. The van der Waals surface area contributed by atoms with Crippen molar-refractivity contribution in [2.75, 3.05) is 23.4 Å². The molecule has 112 valence electrons. The van der Waals surface area contributed by atoms with Crippen LogP contribution in [-0.4, -0.2) is 25.2 Å². The molecular formula is C16H13IN2O3. The minimum atomic E-state index is -0.351. The summed E-state index contributed by atoms with van der Waals surface area (Å²) in [5.74, 6) is -0.183. The molecule has 0 unspecified atom stereocenters. The Morgan fingerprint density at radius 2 is 1.95 bits per heavy atom. The highest BCUT2D eigenvalue weighted by Gasteiger charge is 2.23. The van der Waals surface area contributed by atoms with Crippen LogP contribution in [0.5, 0.6) is 0 Å². The van der Waals surface area contributed by atoms with Gasteiger partial charge in [0.1, 0.15) is 6.61 Å². The molecule has 0 aliphatic carbocycles. The molecule has 2 amide bonds. The van der Waals surface area contributed by atoms with Crippen LogP contribution in [0.4, 0.5) is 16.2 Å². The molecule has 6 heteroatoms. The van der Waals surface area contributed by atoms with Crippen molar-refractivity contribution >= 4 is 46.0 Å². The van der Waals surface area contributed by atoms with Crippen LogP contribution in [-0.2, 0) is 4.74 Å². The van der Waals surface area contributed by atoms with Gasteiger partial charge < -0.3 is 10.1 Å². The van der Waals surface area contributed by atoms with Gasteiger partial charge in [0.2, 0.25) is 0 Å². The zero-order valence-electron chi connectivity index (χ0n) is 11.6. The Balaban J connectivity index is 1.72. The zero-order chi connectivity index (χ0) is 15.5. The van der Waals surface area contributed by atoms with Gasteiger partial charge in [-0.25, -0.2) is 4.79 Å². The largest absolute Gasteiger partial charge is 0.447 e. The maximum atomic E-state index is 12.2. The smallest absolute Gasteiger partial charge is 0.414 e. The van der Waals surface area contributed by atoms with E-state index in [0.29, 0.717) is 18.7 Å². The molecule has 0 aromatic heterocycles. The summed E-state index contributed by atoms with van der Waals surface area (Å²) in [6.07, 6.45) is -0.351. The number of halogens is 1. The average Bonchev–Trinajstić information content (AvgIpc) is 2.93. The highest BCUT2D eigenvalue weighted by molar-refractivity contribution is 14.1. The number of anilines is 2. The van der Waals surface area contributed by atoms with E-state index in [1.165, 1.54) is 0 Å². The Bertz CT molecular complexity index is 716. The summed E-state index contributed by atoms with van der Waals surface area (Å²) in [4.78, 5) is 25.2. The van der Waals surface area contributed by atoms with Crippen molar-refractivity contribution in [1.29, 1.82) is 0 Å². The number of benzene rings is 2. The molecule has 1 aliphatic heterocycles. The van der Waals surface area contributed by atoms with Gasteiger partial charge >= 0.3 is 6.09 Å². The van der Waals surface area contributed by atoms with E-state index in [0.717, 1.165) is 14.9 Å². The van der Waals surface area contributed by atoms with Crippen LogP contribution in [0.2, 0.25) is 0 Å². The van der Waals surface area contributed by atoms with Gasteiger partial charge in [-0.05, 0) is 65.1 Å². The van der Waals surface area contributed by atoms with Crippen LogP contribution < -0.4 is 10.2 Å². The van der Waals surface area contributed by atoms with E-state index >= 15 is 0 Å². The summed E-state index contributed by atoms with van der Waals surface area (Å²) >= 11 is 2.19. The Morgan fingerprint density at radius 3 is 2.59 bits per heavy atom. The van der Waals surface area contributed by atoms with Gasteiger partial charge in [-0.2, -0.15) is 0 Å². The lowest BCUT2D eigenvalue weighted by Crippen LogP contribution is -2.23. The minimum Gasteiger partial charge on any atom is -0.447 e. The molecule has 3 rings (SSSR count). The summed E-state index contributed by atoms with van der Waals surface area (Å²) in [5, 5.41) is 2.85. The maximum Gasteiger partial charge on any atom is 0.414 e. The van der Waals surface area contributed by atoms with Gasteiger partial charge in [-0.1, -0.05) is 6.07 Å². The van der Waals surface area contributed by atoms with Crippen molar-refractivity contribution in [1.82, 2.24) is 0 Å². The Morgan fingerprint density at radius 1 is 1.18 bits per heavy atom. The lowest BCUT2D eigenvalue weighted by atomic mass is 10.2. The molecule has 1 heterocycles. The predicted molar refractivity (Wildman–Crippen MR) is 92.2 cm³/mol. The van der Waals surface area contributed by atoms with E-state index in [-0.39, 0.29) is 12.0 Å². The molecule has 0 saturated carbocycles. The molecule has 0 bridgehead atoms. The number of nitrogens with one attached hydrogen (secondary N) is 1. The first-order chi connectivity index (χ1) is 10.6. The molecule has 2 aromatic carbocycles. The molecule has 1 fully saturated rings. The number of amides is 2. The SMILES string of the molecule is O=C(Nc1cccc(I)c1)c1ccc(N2CCOC2=O)cc1. The molecule has 0 spiro atoms. The number of rotatable bonds is 3. The second-order valence-electron chi connectivity index (χ2n) is 4.78. The lowest BCUT2D eigenvalue weighted by molar-refractivity contribution is 0.102. The van der Waals surface area contributed by atoms with Gasteiger partial charge in [0.15, 0.2) is 0 Å². The Hall–Kier alpha value is -2.09. The van der Waals surface area contributed by atoms with E-state index in [1.807, 2.05) is 24.3 Å². The summed E-state index contributed by atoms with van der Waals surface area (Å²) in [7, 11) is 0. The molecule has 1 N–H and O–H groups in total. The van der Waals surface area contributed by atoms with Gasteiger partial charge in [-0.15, -0.1) is 0 Å². The standard InChI is InChI=1S/C16H13IN2O3/c17-12-2-1-3-13(10-12)18-15(20)11-4-6-14(7-5-11)19-8-9-22-16(19)21/h1-7,10H,8-9H2,(H,18,20). The fourth-order valence-corrected chi connectivity index (χ4v) is 2.73. The molecule has 5 nitrogen and oxygen atoms in total. The van der Waals surface area contributed by atoms with Crippen molar-refractivity contribution < 1.29 is 14.3 Å². The molecule has 0 radical (unpaired) electrons. The second kappa shape index (κ2) is 6.35. The minimum absolute atomic E-state index is 0.183. The van der Waals surface area contributed by atoms with Crippen molar-refractivity contribution in [3.05, 3.63) is 57.7 Å². The molecule has 0 atom stereocenters. The second-order valence-corrected chi connectivity index (χ2v) is 6.02. The van der Waals surface area contributed by atoms with Crippen LogP contribution >= 0.6 is 22.6 Å². The molecule has 1 aliphatic rings. The highest BCUT2D eigenvalue weighted by atomic mass is 127. The Kier molecular flexibility index (Phi) is 4.28. The van der Waals surface area contributed by atoms with Crippen LogP contribution in [0.25, 0.3) is 0 Å². The molecule has 2 aromatic rings. The van der Waals surface area contributed by atoms with Gasteiger partial charge in [0.05, 0.1) is 6.54 Å². The van der Waals surface area contributed by atoms with Crippen LogP contribution in [0.3, 0.4) is 0 Å². The summed E-state index contributed by atoms with van der Waals surface area (Å²) < 4.78 is 5.95. The number of hydrogen-bond acceptors (Lipinski definition) is 3. The van der Waals surface area contributed by atoms with Crippen molar-refractivity contribution in [3.63, 3.8) is 0 Å². The topological polar surface area (TPSA) is 58.6 Å². The number of cyclic esters (lactones) is 1. The predicted octanol–water partition coefficient (Wildman–Crippen LogP) is 3.50. The number of hydrogen-bond donors (Lipinski definition) is 1. The fourth-order valence-electron chi connectivity index (χ4n) is 2.19. The molecule has 1 saturated heterocycles. The zero-order valence-corrected chi connectivity index (χ0v) is 13.7. The first kappa shape index (κ1) is 14.8. The third-order valence-corrected chi connectivity index (χ3v) is 3.96. The number of nitrogens with zero attached hydrogens (tertiary/aromatic N) is 1. The number of ether oxygens (including phenoxy) is 1. The monoisotopic (exact) mass is 408 g/mol. The van der Waals surface area contributed by atoms with Crippen LogP contribution in [0.15, 0.2) is 48.5 Å². The molecular weight excluding hydrogens is 395 g/mol. The average molecular weight is 408 g/mol. The van der Waals surface area contributed by atoms with Crippen molar-refractivity contribution in [2.24, 2.45) is 0 Å². The first-order valence-electron chi connectivity index (χ1n) is 6.75. The number of carbonyl (C=O) groups is 2. The van der Waals surface area contributed by atoms with Crippen molar-refractivity contribution in [3.8, 4) is 0 Å². The Labute approximate surface area is 141 Å². The normalized spacial score (nSPS) is 13.9. The van der Waals surface area contributed by atoms with Crippen LogP contribution in [0, 0.1) is 3.57 Å². The quantitative estimate of drug-likeness (QED) is 0.792. The molecule has 22 heavy (non-hydrogen) atoms. The highest BCUT2D eigenvalue weighted by Crippen LogP contribution is 2.20. The first-order valence-corrected chi connectivity index (χ1v) is 7.82. The van der Waals surface area contributed by atoms with Crippen molar-refractivity contribution in [2.45, 2.75) is 0 Å². The summed E-state index contributed by atoms with van der Waals surface area (Å²) in [6, 6.07) is 14.5. The van der Waals surface area contributed by atoms with E-state index in [9.17, 15) is 9.59 Å². The van der Waals surface area contributed by atoms with E-state index in [4.69, 9.17) is 4.74 Å². The maximum absolute atomic E-state index is 12.2. The third kappa shape index (κ3) is 3.22. The number of carbonyl (C=O) groups excluding carboxylic acids is 2. The van der Waals surface area contributed by atoms with Gasteiger partial charge in [0, 0.05) is 20.5 Å². The third-order valence-electron chi connectivity index (χ3n) is 3.28. The van der Waals surface area contributed by atoms with E-state index in [1.54, 1.807) is 29.2 Å².